The fourth-order valence-corrected chi connectivity index (χ4v) is 4.91. The maximum absolute atomic E-state index is 6.34. The largest absolute Gasteiger partial charge is 0.379 e. The molecule has 0 aromatic carbocycles. The maximum Gasteiger partial charge on any atom is 0.108 e. The zero-order chi connectivity index (χ0) is 16.4. The highest BCUT2D eigenvalue weighted by atomic mass is 16.5. The lowest BCUT2D eigenvalue weighted by Gasteiger charge is -2.39. The van der Waals surface area contributed by atoms with E-state index in [0.29, 0.717) is 43.4 Å². The summed E-state index contributed by atoms with van der Waals surface area (Å²) in [5.41, 5.74) is 7.15. The summed E-state index contributed by atoms with van der Waals surface area (Å²) in [6, 6.07) is 1.55. The minimum absolute atomic E-state index is 0.174. The normalized spacial score (nSPS) is 47.6. The van der Waals surface area contributed by atoms with Gasteiger partial charge < -0.3 is 14.2 Å². The molecule has 6 nitrogen and oxygen atoms in total. The minimum Gasteiger partial charge on any atom is -0.379 e. The monoisotopic (exact) mass is 339 g/mol. The molecule has 6 unspecified atom stereocenters. The van der Waals surface area contributed by atoms with Gasteiger partial charge in [-0.2, -0.15) is 0 Å². The van der Waals surface area contributed by atoms with Gasteiger partial charge in [-0.3, -0.25) is 16.2 Å². The molecule has 4 rings (SSSR count). The number of fused-ring (bicyclic) bond motifs is 4. The van der Waals surface area contributed by atoms with Crippen LogP contribution in [-0.2, 0) is 14.2 Å². The highest BCUT2D eigenvalue weighted by Gasteiger charge is 2.45. The first-order valence-electron chi connectivity index (χ1n) is 9.91. The molecule has 4 aliphatic rings. The van der Waals surface area contributed by atoms with Gasteiger partial charge in [-0.25, -0.2) is 0 Å². The van der Waals surface area contributed by atoms with Crippen molar-refractivity contribution in [1.29, 1.82) is 0 Å². The van der Waals surface area contributed by atoms with Gasteiger partial charge in [0.05, 0.1) is 25.4 Å². The summed E-state index contributed by atoms with van der Waals surface area (Å²) in [6.45, 7) is 4.29. The molecule has 24 heavy (non-hydrogen) atoms. The number of nitrogens with one attached hydrogen (secondary N) is 3. The van der Waals surface area contributed by atoms with Gasteiger partial charge in [-0.1, -0.05) is 0 Å². The fourth-order valence-electron chi connectivity index (χ4n) is 4.91. The molecule has 3 heterocycles. The Bertz CT molecular complexity index is 411. The molecule has 0 spiro atoms. The summed E-state index contributed by atoms with van der Waals surface area (Å²) in [5.74, 6) is 0.647. The van der Waals surface area contributed by atoms with Crippen LogP contribution in [-0.4, -0.2) is 56.4 Å². The highest BCUT2D eigenvalue weighted by molar-refractivity contribution is 5.01. The lowest BCUT2D eigenvalue weighted by molar-refractivity contribution is -0.0511. The van der Waals surface area contributed by atoms with Crippen molar-refractivity contribution in [2.24, 2.45) is 5.92 Å². The Morgan fingerprint density at radius 1 is 0.875 bits per heavy atom. The van der Waals surface area contributed by atoms with E-state index in [1.807, 2.05) is 0 Å². The molecule has 4 bridgehead atoms. The second kappa shape index (κ2) is 7.98. The first-order chi connectivity index (χ1) is 11.8. The summed E-state index contributed by atoms with van der Waals surface area (Å²) >= 11 is 0. The quantitative estimate of drug-likeness (QED) is 0.619. The first kappa shape index (κ1) is 17.2. The van der Waals surface area contributed by atoms with Crippen LogP contribution in [0.5, 0.6) is 0 Å². The summed E-state index contributed by atoms with van der Waals surface area (Å²) in [7, 11) is 0. The third-order valence-corrected chi connectivity index (χ3v) is 6.20. The van der Waals surface area contributed by atoms with Crippen molar-refractivity contribution in [1.82, 2.24) is 16.2 Å². The van der Waals surface area contributed by atoms with Gasteiger partial charge >= 0.3 is 0 Å². The van der Waals surface area contributed by atoms with E-state index in [1.54, 1.807) is 0 Å². The molecule has 0 aromatic heterocycles. The van der Waals surface area contributed by atoms with Crippen LogP contribution in [0.3, 0.4) is 0 Å². The Balaban J connectivity index is 1.46. The van der Waals surface area contributed by atoms with Crippen LogP contribution in [0.15, 0.2) is 0 Å². The topological polar surface area (TPSA) is 63.8 Å². The van der Waals surface area contributed by atoms with E-state index in [1.165, 1.54) is 19.3 Å². The van der Waals surface area contributed by atoms with Crippen LogP contribution in [0.4, 0.5) is 0 Å². The van der Waals surface area contributed by atoms with Gasteiger partial charge in [0.25, 0.3) is 0 Å². The average Bonchev–Trinajstić information content (AvgIpc) is 3.01. The second-order valence-corrected chi connectivity index (χ2v) is 7.93. The van der Waals surface area contributed by atoms with Crippen LogP contribution in [0, 0.1) is 5.92 Å². The van der Waals surface area contributed by atoms with Crippen molar-refractivity contribution in [3.63, 3.8) is 0 Å². The van der Waals surface area contributed by atoms with E-state index in [9.17, 15) is 0 Å². The summed E-state index contributed by atoms with van der Waals surface area (Å²) in [4.78, 5) is 0. The number of ether oxygens (including phenoxy) is 3. The predicted octanol–water partition coefficient (Wildman–Crippen LogP) is 1.31. The van der Waals surface area contributed by atoms with E-state index in [0.717, 1.165) is 32.3 Å². The molecule has 7 atom stereocenters. The Kier molecular flexibility index (Phi) is 5.71. The minimum atomic E-state index is 0.174. The number of piperidine rings is 1. The van der Waals surface area contributed by atoms with Gasteiger partial charge in [0.1, 0.15) is 6.23 Å². The standard InChI is InChI=1S/C18H33N3O3/c1-12-7-8-22-9-10-23-17-4-2-3-16(19-17)18-14-11-13(24-12)5-6-15(14)20-21-18/h12-21H,2-11H2,1H3/t12-,13?,14?,15?,16?,17?,18?/m0/s1. The Morgan fingerprint density at radius 3 is 2.79 bits per heavy atom. The summed E-state index contributed by atoms with van der Waals surface area (Å²) < 4.78 is 18.1. The van der Waals surface area contributed by atoms with Gasteiger partial charge in [0.15, 0.2) is 0 Å². The number of rotatable bonds is 0. The van der Waals surface area contributed by atoms with Gasteiger partial charge in [-0.05, 0) is 57.8 Å². The molecular weight excluding hydrogens is 306 g/mol. The molecule has 3 aliphatic heterocycles. The number of hydrazine groups is 1. The third-order valence-electron chi connectivity index (χ3n) is 6.20. The number of hydrogen-bond acceptors (Lipinski definition) is 6. The predicted molar refractivity (Wildman–Crippen MR) is 91.5 cm³/mol. The molecule has 4 fully saturated rings. The van der Waals surface area contributed by atoms with Crippen LogP contribution >= 0.6 is 0 Å². The Hall–Kier alpha value is -0.240. The van der Waals surface area contributed by atoms with Crippen molar-refractivity contribution >= 4 is 0 Å². The SMILES string of the molecule is C[C@H]1CCOCCOC2CCCC(N2)C2NNC3CCC(CC32)O1. The van der Waals surface area contributed by atoms with Crippen molar-refractivity contribution in [2.75, 3.05) is 19.8 Å². The molecule has 3 N–H and O–H groups in total. The Morgan fingerprint density at radius 2 is 1.83 bits per heavy atom. The van der Waals surface area contributed by atoms with E-state index < -0.39 is 0 Å². The van der Waals surface area contributed by atoms with Gasteiger partial charge in [0.2, 0.25) is 0 Å². The lowest BCUT2D eigenvalue weighted by atomic mass is 9.76. The summed E-state index contributed by atoms with van der Waals surface area (Å²) in [5, 5.41) is 3.74. The third kappa shape index (κ3) is 3.94. The van der Waals surface area contributed by atoms with Crippen LogP contribution < -0.4 is 16.2 Å². The van der Waals surface area contributed by atoms with E-state index in [2.05, 4.69) is 23.1 Å². The second-order valence-electron chi connectivity index (χ2n) is 7.93. The summed E-state index contributed by atoms with van der Waals surface area (Å²) in [6.07, 6.45) is 8.89. The molecule has 0 amide bonds. The molecule has 3 saturated heterocycles. The van der Waals surface area contributed by atoms with E-state index >= 15 is 0 Å². The van der Waals surface area contributed by atoms with E-state index in [-0.39, 0.29) is 12.3 Å². The Labute approximate surface area is 145 Å². The molecule has 1 saturated carbocycles. The van der Waals surface area contributed by atoms with Crippen molar-refractivity contribution in [2.45, 2.75) is 88.4 Å². The molecular formula is C18H33N3O3. The van der Waals surface area contributed by atoms with Crippen molar-refractivity contribution in [3.05, 3.63) is 0 Å². The molecule has 1 aliphatic carbocycles. The first-order valence-corrected chi connectivity index (χ1v) is 9.91. The average molecular weight is 339 g/mol. The maximum atomic E-state index is 6.34. The van der Waals surface area contributed by atoms with Crippen LogP contribution in [0.2, 0.25) is 0 Å². The molecule has 0 aromatic rings. The van der Waals surface area contributed by atoms with Crippen molar-refractivity contribution < 1.29 is 14.2 Å². The van der Waals surface area contributed by atoms with Crippen molar-refractivity contribution in [3.8, 4) is 0 Å². The molecule has 0 radical (unpaired) electrons. The van der Waals surface area contributed by atoms with Crippen LogP contribution in [0.1, 0.15) is 51.9 Å². The fraction of sp³-hybridized carbons (Fsp3) is 1.00. The highest BCUT2D eigenvalue weighted by Crippen LogP contribution is 2.35. The van der Waals surface area contributed by atoms with Crippen LogP contribution in [0.25, 0.3) is 0 Å². The van der Waals surface area contributed by atoms with E-state index in [4.69, 9.17) is 14.2 Å². The number of hydrogen-bond donors (Lipinski definition) is 3. The van der Waals surface area contributed by atoms with Gasteiger partial charge in [0, 0.05) is 24.7 Å². The zero-order valence-corrected chi connectivity index (χ0v) is 14.8. The smallest absolute Gasteiger partial charge is 0.108 e. The molecule has 6 heteroatoms. The lowest BCUT2D eigenvalue weighted by Crippen LogP contribution is -2.55. The molecule has 138 valence electrons. The van der Waals surface area contributed by atoms with Gasteiger partial charge in [-0.15, -0.1) is 0 Å². The zero-order valence-electron chi connectivity index (χ0n) is 14.8.